The van der Waals surface area contributed by atoms with E-state index < -0.39 is 18.2 Å². The Morgan fingerprint density at radius 2 is 1.61 bits per heavy atom. The zero-order valence-corrected chi connectivity index (χ0v) is 26.0. The van der Waals surface area contributed by atoms with Crippen LogP contribution in [0.3, 0.4) is 0 Å². The van der Waals surface area contributed by atoms with Crippen LogP contribution in [0.1, 0.15) is 106 Å². The van der Waals surface area contributed by atoms with Crippen molar-refractivity contribution in [2.24, 2.45) is 0 Å². The van der Waals surface area contributed by atoms with Crippen molar-refractivity contribution in [2.45, 2.75) is 114 Å². The first-order valence-corrected chi connectivity index (χ1v) is 16.3. The maximum Gasteiger partial charge on any atom is 0.306 e. The molecule has 1 amide bonds. The molecule has 1 saturated heterocycles. The van der Waals surface area contributed by atoms with Gasteiger partial charge in [-0.15, -0.1) is 0 Å². The van der Waals surface area contributed by atoms with Crippen molar-refractivity contribution in [1.82, 2.24) is 5.32 Å². The number of ether oxygens (including phenoxy) is 3. The molecule has 2 aliphatic rings. The van der Waals surface area contributed by atoms with Crippen LogP contribution in [0.15, 0.2) is 48.5 Å². The number of hydrogen-bond donors (Lipinski definition) is 2. The maximum absolute atomic E-state index is 12.8. The normalized spacial score (nSPS) is 22.1. The van der Waals surface area contributed by atoms with Crippen molar-refractivity contribution in [3.8, 4) is 11.8 Å². The molecule has 1 aliphatic carbocycles. The topological polar surface area (TPSA) is 94.1 Å². The van der Waals surface area contributed by atoms with Crippen molar-refractivity contribution in [2.75, 3.05) is 13.2 Å². The summed E-state index contributed by atoms with van der Waals surface area (Å²) < 4.78 is 17.3. The number of aliphatic hydroxyl groups excluding tert-OH is 1. The van der Waals surface area contributed by atoms with Gasteiger partial charge in [0.25, 0.3) is 0 Å². The van der Waals surface area contributed by atoms with Crippen LogP contribution in [0.25, 0.3) is 0 Å². The van der Waals surface area contributed by atoms with Crippen LogP contribution in [0.5, 0.6) is 0 Å². The van der Waals surface area contributed by atoms with E-state index in [9.17, 15) is 14.7 Å². The lowest BCUT2D eigenvalue weighted by atomic mass is 9.92. The number of carbonyl (C=O) groups is 2. The Hall–Kier alpha value is -3.12. The SMILES string of the molecule is [B][C@@H]1O[C@H](CC)C(O)[C@@H]1OCCCCCCNC(=O)CCCCCCC(=O)OC1Cc2ccccc2C#Cc2ccccc21. The molecule has 2 radical (unpaired) electrons. The Bertz CT molecular complexity index is 1270. The van der Waals surface area contributed by atoms with Crippen LogP contribution in [0.4, 0.5) is 0 Å². The van der Waals surface area contributed by atoms with Crippen LogP contribution < -0.4 is 5.32 Å². The van der Waals surface area contributed by atoms with Gasteiger partial charge < -0.3 is 24.6 Å². The second-order valence-corrected chi connectivity index (χ2v) is 11.7. The number of rotatable bonds is 17. The van der Waals surface area contributed by atoms with Crippen molar-refractivity contribution in [3.63, 3.8) is 0 Å². The van der Waals surface area contributed by atoms with E-state index in [0.29, 0.717) is 38.8 Å². The molecule has 2 aromatic carbocycles. The van der Waals surface area contributed by atoms with Crippen LogP contribution in [-0.2, 0) is 30.2 Å². The average molecular weight is 600 g/mol. The quantitative estimate of drug-likeness (QED) is 0.111. The molecule has 0 spiro atoms. The number of esters is 1. The molecular weight excluding hydrogens is 553 g/mol. The fraction of sp³-hybridized carbons (Fsp3) is 0.556. The van der Waals surface area contributed by atoms with E-state index in [2.05, 4.69) is 17.2 Å². The summed E-state index contributed by atoms with van der Waals surface area (Å²) in [6.07, 6.45) is 7.56. The standard InChI is InChI=1S/C36H46BNO6/c1-2-30-34(41)35(36(37)44-30)42-24-14-6-5-13-23-38-32(39)19-7-3-4-8-20-33(40)43-31-25-28-17-10-9-15-26(28)21-22-27-16-11-12-18-29(27)31/h9-12,15-18,30-31,34-36,41H,2-8,13-14,19-20,23-25H2,1H3,(H,38,39)/t30-,31?,34?,35+,36-/m1/s1. The number of nitrogens with one attached hydrogen (secondary N) is 1. The molecule has 44 heavy (non-hydrogen) atoms. The molecule has 4 rings (SSSR count). The second-order valence-electron chi connectivity index (χ2n) is 11.7. The summed E-state index contributed by atoms with van der Waals surface area (Å²) >= 11 is 0. The largest absolute Gasteiger partial charge is 0.457 e. The Balaban J connectivity index is 1.02. The number of fused-ring (bicyclic) bond motifs is 2. The number of carbonyl (C=O) groups excluding carboxylic acids is 2. The number of amides is 1. The first-order chi connectivity index (χ1) is 21.5. The molecular formula is C36H46BNO6. The Morgan fingerprint density at radius 1 is 0.932 bits per heavy atom. The third kappa shape index (κ3) is 10.2. The van der Waals surface area contributed by atoms with Gasteiger partial charge in [0.15, 0.2) is 0 Å². The van der Waals surface area contributed by atoms with Gasteiger partial charge in [0.2, 0.25) is 5.91 Å². The summed E-state index contributed by atoms with van der Waals surface area (Å²) in [6, 6.07) is 15.3. The predicted octanol–water partition coefficient (Wildman–Crippen LogP) is 5.29. The number of benzene rings is 2. The van der Waals surface area contributed by atoms with Gasteiger partial charge in [-0.1, -0.05) is 80.8 Å². The molecule has 2 unspecified atom stereocenters. The lowest BCUT2D eigenvalue weighted by Crippen LogP contribution is -2.35. The minimum atomic E-state index is -0.670. The summed E-state index contributed by atoms with van der Waals surface area (Å²) in [6.45, 7) is 3.17. The van der Waals surface area contributed by atoms with Crippen LogP contribution >= 0.6 is 0 Å². The van der Waals surface area contributed by atoms with E-state index in [1.54, 1.807) is 0 Å². The van der Waals surface area contributed by atoms with Crippen molar-refractivity contribution >= 4 is 19.7 Å². The van der Waals surface area contributed by atoms with Crippen molar-refractivity contribution in [3.05, 3.63) is 70.8 Å². The van der Waals surface area contributed by atoms with Gasteiger partial charge in [-0.05, 0) is 49.8 Å². The summed E-state index contributed by atoms with van der Waals surface area (Å²) in [5, 5.41) is 13.2. The molecule has 1 heterocycles. The molecule has 2 N–H and O–H groups in total. The first-order valence-electron chi connectivity index (χ1n) is 16.3. The minimum absolute atomic E-state index is 0.0776. The maximum atomic E-state index is 12.8. The molecule has 1 fully saturated rings. The van der Waals surface area contributed by atoms with Crippen molar-refractivity contribution in [1.29, 1.82) is 0 Å². The molecule has 1 aliphatic heterocycles. The molecule has 0 aromatic heterocycles. The van der Waals surface area contributed by atoms with Gasteiger partial charge in [-0.3, -0.25) is 9.59 Å². The molecule has 8 heteroatoms. The van der Waals surface area contributed by atoms with Gasteiger partial charge >= 0.3 is 5.97 Å². The third-order valence-corrected chi connectivity index (χ3v) is 8.35. The van der Waals surface area contributed by atoms with Gasteiger partial charge in [0.1, 0.15) is 26.2 Å². The number of unbranched alkanes of at least 4 members (excludes halogenated alkanes) is 6. The molecule has 7 nitrogen and oxygen atoms in total. The molecule has 0 saturated carbocycles. The zero-order valence-electron chi connectivity index (χ0n) is 26.0. The summed E-state index contributed by atoms with van der Waals surface area (Å²) in [7, 11) is 5.91. The Morgan fingerprint density at radius 3 is 2.41 bits per heavy atom. The van der Waals surface area contributed by atoms with Crippen LogP contribution in [0, 0.1) is 11.8 Å². The second kappa shape index (κ2) is 18.0. The molecule has 0 bridgehead atoms. The van der Waals surface area contributed by atoms with Gasteiger partial charge in [-0.25, -0.2) is 0 Å². The first kappa shape index (κ1) is 33.8. The van der Waals surface area contributed by atoms with Gasteiger partial charge in [-0.2, -0.15) is 0 Å². The monoisotopic (exact) mass is 599 g/mol. The highest BCUT2D eigenvalue weighted by Crippen LogP contribution is 2.29. The van der Waals surface area contributed by atoms with E-state index >= 15 is 0 Å². The molecule has 5 atom stereocenters. The summed E-state index contributed by atoms with van der Waals surface area (Å²) in [4.78, 5) is 24.9. The fourth-order valence-corrected chi connectivity index (χ4v) is 5.80. The van der Waals surface area contributed by atoms with E-state index in [4.69, 9.17) is 22.1 Å². The van der Waals surface area contributed by atoms with Gasteiger partial charge in [0, 0.05) is 55.1 Å². The lowest BCUT2D eigenvalue weighted by Gasteiger charge is -2.22. The van der Waals surface area contributed by atoms with Crippen molar-refractivity contribution < 1.29 is 28.9 Å². The van der Waals surface area contributed by atoms with E-state index in [1.165, 1.54) is 0 Å². The zero-order chi connectivity index (χ0) is 31.1. The highest BCUT2D eigenvalue weighted by Gasteiger charge is 2.40. The highest BCUT2D eigenvalue weighted by molar-refractivity contribution is 6.11. The van der Waals surface area contributed by atoms with Gasteiger partial charge in [0.05, 0.1) is 6.10 Å². The minimum Gasteiger partial charge on any atom is -0.457 e. The van der Waals surface area contributed by atoms with Crippen LogP contribution in [-0.4, -0.2) is 62.3 Å². The molecule has 234 valence electrons. The Labute approximate surface area is 263 Å². The van der Waals surface area contributed by atoms with Crippen LogP contribution in [0.2, 0.25) is 0 Å². The number of aliphatic hydroxyl groups is 1. The number of hydrogen-bond acceptors (Lipinski definition) is 6. The summed E-state index contributed by atoms with van der Waals surface area (Å²) in [5.74, 6) is 6.39. The predicted molar refractivity (Wildman–Crippen MR) is 171 cm³/mol. The smallest absolute Gasteiger partial charge is 0.306 e. The fourth-order valence-electron chi connectivity index (χ4n) is 5.80. The Kier molecular flexibility index (Phi) is 13.8. The highest BCUT2D eigenvalue weighted by atomic mass is 16.6. The summed E-state index contributed by atoms with van der Waals surface area (Å²) in [5.41, 5.74) is 3.91. The third-order valence-electron chi connectivity index (χ3n) is 8.35. The lowest BCUT2D eigenvalue weighted by molar-refractivity contribution is -0.149. The van der Waals surface area contributed by atoms with E-state index in [0.717, 1.165) is 73.6 Å². The van der Waals surface area contributed by atoms with E-state index in [-0.39, 0.29) is 24.1 Å². The average Bonchev–Trinajstić information content (AvgIpc) is 3.30. The molecule has 2 aromatic rings. The van der Waals surface area contributed by atoms with E-state index in [1.807, 2.05) is 55.5 Å².